The first kappa shape index (κ1) is 13.5. The highest BCUT2D eigenvalue weighted by atomic mass is 79.9. The Morgan fingerprint density at radius 2 is 2.17 bits per heavy atom. The molecule has 1 aromatic rings. The zero-order valence-electron chi connectivity index (χ0n) is 9.93. The van der Waals surface area contributed by atoms with Crippen LogP contribution in [0, 0.1) is 11.8 Å². The highest BCUT2D eigenvalue weighted by Gasteiger charge is 2.42. The highest BCUT2D eigenvalue weighted by molar-refractivity contribution is 9.10. The van der Waals surface area contributed by atoms with Gasteiger partial charge in [-0.2, -0.15) is 0 Å². The van der Waals surface area contributed by atoms with Crippen LogP contribution in [0.5, 0.6) is 0 Å². The van der Waals surface area contributed by atoms with Crippen LogP contribution in [-0.4, -0.2) is 28.9 Å². The van der Waals surface area contributed by atoms with Crippen molar-refractivity contribution in [3.63, 3.8) is 0 Å². The molecule has 2 rings (SSSR count). The van der Waals surface area contributed by atoms with Crippen molar-refractivity contribution in [1.82, 2.24) is 4.90 Å². The number of hydrogen-bond acceptors (Lipinski definition) is 3. The van der Waals surface area contributed by atoms with Gasteiger partial charge in [-0.3, -0.25) is 9.59 Å². The Morgan fingerprint density at radius 1 is 1.50 bits per heavy atom. The van der Waals surface area contributed by atoms with Crippen molar-refractivity contribution >= 4 is 39.1 Å². The molecule has 1 N–H and O–H groups in total. The fourth-order valence-corrected chi connectivity index (χ4v) is 3.63. The largest absolute Gasteiger partial charge is 0.481 e. The van der Waals surface area contributed by atoms with Gasteiger partial charge in [-0.25, -0.2) is 0 Å². The van der Waals surface area contributed by atoms with Gasteiger partial charge in [0.2, 0.25) is 5.91 Å². The molecular weight excluding hydrogens is 318 g/mol. The van der Waals surface area contributed by atoms with E-state index in [0.717, 1.165) is 9.35 Å². The molecular formula is C12H14BrNO3S. The van der Waals surface area contributed by atoms with Crippen molar-refractivity contribution in [1.29, 1.82) is 0 Å². The van der Waals surface area contributed by atoms with Crippen LogP contribution in [0.25, 0.3) is 0 Å². The molecule has 0 radical (unpaired) electrons. The van der Waals surface area contributed by atoms with E-state index in [9.17, 15) is 9.59 Å². The van der Waals surface area contributed by atoms with Gasteiger partial charge in [-0.1, -0.05) is 0 Å². The molecule has 18 heavy (non-hydrogen) atoms. The van der Waals surface area contributed by atoms with Gasteiger partial charge in [0.15, 0.2) is 0 Å². The highest BCUT2D eigenvalue weighted by Crippen LogP contribution is 2.36. The monoisotopic (exact) mass is 331 g/mol. The third-order valence-electron chi connectivity index (χ3n) is 3.30. The van der Waals surface area contributed by atoms with Gasteiger partial charge in [-0.05, 0) is 34.8 Å². The normalized spacial score (nSPS) is 22.3. The summed E-state index contributed by atoms with van der Waals surface area (Å²) >= 11 is 4.95. The van der Waals surface area contributed by atoms with E-state index in [1.54, 1.807) is 23.3 Å². The quantitative estimate of drug-likeness (QED) is 0.922. The van der Waals surface area contributed by atoms with Crippen molar-refractivity contribution in [2.24, 2.45) is 11.8 Å². The molecule has 1 aromatic heterocycles. The van der Waals surface area contributed by atoms with Crippen molar-refractivity contribution in [3.05, 3.63) is 20.8 Å². The Kier molecular flexibility index (Phi) is 4.07. The maximum absolute atomic E-state index is 12.1. The van der Waals surface area contributed by atoms with E-state index >= 15 is 0 Å². The summed E-state index contributed by atoms with van der Waals surface area (Å²) in [6, 6.07) is 1.98. The number of nitrogens with zero attached hydrogens (tertiary/aromatic N) is 1. The topological polar surface area (TPSA) is 57.6 Å². The fraction of sp³-hybridized carbons (Fsp3) is 0.500. The summed E-state index contributed by atoms with van der Waals surface area (Å²) in [6.07, 6.45) is 1.30. The van der Waals surface area contributed by atoms with Gasteiger partial charge in [0, 0.05) is 21.8 Å². The van der Waals surface area contributed by atoms with E-state index in [4.69, 9.17) is 5.11 Å². The van der Waals surface area contributed by atoms with Gasteiger partial charge >= 0.3 is 5.97 Å². The predicted octanol–water partition coefficient (Wildman–Crippen LogP) is 2.58. The average Bonchev–Trinajstić information content (AvgIpc) is 2.61. The maximum atomic E-state index is 12.1. The number of carboxylic acid groups (broad SMARTS) is 1. The number of thiophene rings is 1. The number of carboxylic acids is 1. The summed E-state index contributed by atoms with van der Waals surface area (Å²) in [4.78, 5) is 25.7. The van der Waals surface area contributed by atoms with Crippen LogP contribution in [0.4, 0.5) is 0 Å². The molecule has 1 fully saturated rings. The Hall–Kier alpha value is -0.880. The van der Waals surface area contributed by atoms with Crippen molar-refractivity contribution < 1.29 is 14.7 Å². The van der Waals surface area contributed by atoms with Crippen LogP contribution in [0.15, 0.2) is 15.9 Å². The minimum Gasteiger partial charge on any atom is -0.481 e. The molecule has 0 aliphatic heterocycles. The summed E-state index contributed by atoms with van der Waals surface area (Å²) in [7, 11) is 1.73. The average molecular weight is 332 g/mol. The molecule has 1 aliphatic carbocycles. The number of halogens is 1. The van der Waals surface area contributed by atoms with Crippen molar-refractivity contribution in [3.8, 4) is 0 Å². The number of carbonyl (C=O) groups excluding carboxylic acids is 1. The molecule has 0 aromatic carbocycles. The molecule has 1 saturated carbocycles. The number of carbonyl (C=O) groups is 2. The number of aliphatic carboxylic acids is 1. The predicted molar refractivity (Wildman–Crippen MR) is 72.3 cm³/mol. The van der Waals surface area contributed by atoms with Crippen molar-refractivity contribution in [2.45, 2.75) is 19.4 Å². The van der Waals surface area contributed by atoms with Gasteiger partial charge in [0.05, 0.1) is 18.4 Å². The first-order chi connectivity index (χ1) is 8.49. The molecule has 1 heterocycles. The lowest BCUT2D eigenvalue weighted by molar-refractivity contribution is -0.156. The molecule has 0 spiro atoms. The third kappa shape index (κ3) is 2.75. The smallest absolute Gasteiger partial charge is 0.307 e. The van der Waals surface area contributed by atoms with Gasteiger partial charge in [0.1, 0.15) is 0 Å². The van der Waals surface area contributed by atoms with Crippen molar-refractivity contribution in [2.75, 3.05) is 7.05 Å². The number of rotatable bonds is 4. The lowest BCUT2D eigenvalue weighted by Crippen LogP contribution is -2.44. The summed E-state index contributed by atoms with van der Waals surface area (Å²) in [5.41, 5.74) is 0. The van der Waals surface area contributed by atoms with Crippen LogP contribution in [0.2, 0.25) is 0 Å². The second-order valence-electron chi connectivity index (χ2n) is 4.55. The van der Waals surface area contributed by atoms with Crippen LogP contribution >= 0.6 is 27.3 Å². The lowest BCUT2D eigenvalue weighted by Gasteiger charge is -2.34. The van der Waals surface area contributed by atoms with E-state index in [2.05, 4.69) is 15.9 Å². The molecule has 1 aliphatic rings. The first-order valence-electron chi connectivity index (χ1n) is 5.69. The Morgan fingerprint density at radius 3 is 2.61 bits per heavy atom. The second-order valence-corrected chi connectivity index (χ2v) is 6.47. The lowest BCUT2D eigenvalue weighted by atomic mass is 9.73. The van der Waals surface area contributed by atoms with E-state index in [0.29, 0.717) is 19.4 Å². The zero-order chi connectivity index (χ0) is 13.3. The summed E-state index contributed by atoms with van der Waals surface area (Å²) in [6.45, 7) is 0.540. The standard InChI is InChI=1S/C12H14BrNO3S/c1-14(5-8-4-7(13)6-18-8)11(15)9-2-3-10(9)12(16)17/h4,6,9-10H,2-3,5H2,1H3,(H,16,17). The number of hydrogen-bond donors (Lipinski definition) is 1. The van der Waals surface area contributed by atoms with Crippen LogP contribution in [0.3, 0.4) is 0 Å². The first-order valence-corrected chi connectivity index (χ1v) is 7.37. The fourth-order valence-electron chi connectivity index (χ4n) is 2.12. The number of amides is 1. The van der Waals surface area contributed by atoms with E-state index < -0.39 is 11.9 Å². The van der Waals surface area contributed by atoms with Crippen LogP contribution in [-0.2, 0) is 16.1 Å². The minimum atomic E-state index is -0.855. The van der Waals surface area contributed by atoms with E-state index in [-0.39, 0.29) is 11.8 Å². The van der Waals surface area contributed by atoms with Gasteiger partial charge in [-0.15, -0.1) is 11.3 Å². The summed E-state index contributed by atoms with van der Waals surface area (Å²) in [5.74, 6) is -1.74. The Balaban J connectivity index is 1.95. The van der Waals surface area contributed by atoms with Crippen LogP contribution in [0.1, 0.15) is 17.7 Å². The molecule has 6 heteroatoms. The second kappa shape index (κ2) is 5.40. The van der Waals surface area contributed by atoms with Crippen LogP contribution < -0.4 is 0 Å². The molecule has 98 valence electrons. The zero-order valence-corrected chi connectivity index (χ0v) is 12.3. The molecule has 4 nitrogen and oxygen atoms in total. The molecule has 0 saturated heterocycles. The Bertz CT molecular complexity index is 474. The van der Waals surface area contributed by atoms with E-state index in [1.807, 2.05) is 11.4 Å². The van der Waals surface area contributed by atoms with E-state index in [1.165, 1.54) is 0 Å². The third-order valence-corrected chi connectivity index (χ3v) is 4.98. The molecule has 2 unspecified atom stereocenters. The summed E-state index contributed by atoms with van der Waals surface area (Å²) in [5, 5.41) is 10.9. The van der Waals surface area contributed by atoms with Gasteiger partial charge < -0.3 is 10.0 Å². The molecule has 1 amide bonds. The summed E-state index contributed by atoms with van der Waals surface area (Å²) < 4.78 is 1.01. The van der Waals surface area contributed by atoms with Gasteiger partial charge in [0.25, 0.3) is 0 Å². The SMILES string of the molecule is CN(Cc1cc(Br)cs1)C(=O)C1CCC1C(=O)O. The maximum Gasteiger partial charge on any atom is 0.307 e. The Labute approximate surface area is 118 Å². The molecule has 0 bridgehead atoms. The molecule has 2 atom stereocenters. The minimum absolute atomic E-state index is 0.0572.